The first-order valence-electron chi connectivity index (χ1n) is 6.72. The minimum Gasteiger partial charge on any atom is -0.302 e. The second-order valence-electron chi connectivity index (χ2n) is 4.86. The lowest BCUT2D eigenvalue weighted by Gasteiger charge is -2.23. The summed E-state index contributed by atoms with van der Waals surface area (Å²) in [7, 11) is -1.98. The van der Waals surface area contributed by atoms with Crippen LogP contribution in [0.15, 0.2) is 23.1 Å². The topological polar surface area (TPSA) is 73.2 Å². The minimum absolute atomic E-state index is 0.199. The van der Waals surface area contributed by atoms with Crippen LogP contribution >= 0.6 is 0 Å². The molecular formula is C14H20FN3O2S. The molecule has 0 aliphatic heterocycles. The predicted molar refractivity (Wildman–Crippen MR) is 78.7 cm³/mol. The van der Waals surface area contributed by atoms with Crippen LogP contribution < -0.4 is 4.72 Å². The van der Waals surface area contributed by atoms with Crippen molar-refractivity contribution in [1.82, 2.24) is 9.62 Å². The smallest absolute Gasteiger partial charge is 0.242 e. The molecule has 1 N–H and O–H groups in total. The monoisotopic (exact) mass is 313 g/mol. The second-order valence-corrected chi connectivity index (χ2v) is 6.60. The van der Waals surface area contributed by atoms with Gasteiger partial charge in [-0.15, -0.1) is 0 Å². The highest BCUT2D eigenvalue weighted by Crippen LogP contribution is 2.17. The van der Waals surface area contributed by atoms with Crippen LogP contribution in [0.1, 0.15) is 25.8 Å². The van der Waals surface area contributed by atoms with Gasteiger partial charge in [-0.05, 0) is 32.5 Å². The van der Waals surface area contributed by atoms with Crippen molar-refractivity contribution in [1.29, 1.82) is 5.26 Å². The Morgan fingerprint density at radius 2 is 2.14 bits per heavy atom. The Balaban J connectivity index is 2.80. The van der Waals surface area contributed by atoms with Crippen LogP contribution in [0.2, 0.25) is 0 Å². The number of hydrogen-bond acceptors (Lipinski definition) is 4. The maximum absolute atomic E-state index is 13.5. The van der Waals surface area contributed by atoms with Gasteiger partial charge >= 0.3 is 0 Å². The van der Waals surface area contributed by atoms with Gasteiger partial charge in [-0.2, -0.15) is 5.26 Å². The summed E-state index contributed by atoms with van der Waals surface area (Å²) in [6, 6.07) is 5.50. The molecule has 1 atom stereocenters. The van der Waals surface area contributed by atoms with Crippen molar-refractivity contribution >= 4 is 10.0 Å². The molecule has 0 saturated heterocycles. The highest BCUT2D eigenvalue weighted by molar-refractivity contribution is 7.89. The molecule has 0 bridgehead atoms. The van der Waals surface area contributed by atoms with E-state index in [2.05, 4.69) is 18.6 Å². The van der Waals surface area contributed by atoms with Gasteiger partial charge in [0.15, 0.2) is 0 Å². The first-order valence-corrected chi connectivity index (χ1v) is 8.20. The zero-order valence-electron chi connectivity index (χ0n) is 12.4. The van der Waals surface area contributed by atoms with E-state index in [1.165, 1.54) is 12.1 Å². The summed E-state index contributed by atoms with van der Waals surface area (Å²) in [5.74, 6) is -0.836. The third-order valence-corrected chi connectivity index (χ3v) is 4.98. The average Bonchev–Trinajstić information content (AvgIpc) is 2.45. The van der Waals surface area contributed by atoms with Gasteiger partial charge in [-0.3, -0.25) is 0 Å². The summed E-state index contributed by atoms with van der Waals surface area (Å²) in [4.78, 5) is 1.70. The van der Waals surface area contributed by atoms with Gasteiger partial charge in [0.2, 0.25) is 10.0 Å². The molecule has 1 aromatic carbocycles. The lowest BCUT2D eigenvalue weighted by Crippen LogP contribution is -2.37. The van der Waals surface area contributed by atoms with E-state index in [0.717, 1.165) is 12.5 Å². The largest absolute Gasteiger partial charge is 0.302 e. The zero-order valence-corrected chi connectivity index (χ0v) is 13.2. The summed E-state index contributed by atoms with van der Waals surface area (Å²) in [6.07, 6.45) is 0.964. The molecule has 0 amide bonds. The molecule has 0 aliphatic carbocycles. The van der Waals surface area contributed by atoms with E-state index in [1.54, 1.807) is 6.07 Å². The van der Waals surface area contributed by atoms with Crippen molar-refractivity contribution < 1.29 is 12.8 Å². The van der Waals surface area contributed by atoms with Crippen molar-refractivity contribution in [3.05, 3.63) is 29.6 Å². The molecule has 21 heavy (non-hydrogen) atoms. The van der Waals surface area contributed by atoms with E-state index in [9.17, 15) is 12.8 Å². The molecule has 0 fully saturated rings. The first-order chi connectivity index (χ1) is 9.83. The number of nitrogens with zero attached hydrogens (tertiary/aromatic N) is 2. The molecule has 0 saturated carbocycles. The minimum atomic E-state index is -3.89. The van der Waals surface area contributed by atoms with E-state index >= 15 is 0 Å². The molecule has 7 heteroatoms. The highest BCUT2D eigenvalue weighted by Gasteiger charge is 2.21. The summed E-state index contributed by atoms with van der Waals surface area (Å²) in [5.41, 5.74) is -0.458. The molecule has 5 nitrogen and oxygen atoms in total. The van der Waals surface area contributed by atoms with Crippen LogP contribution in [0.4, 0.5) is 4.39 Å². The summed E-state index contributed by atoms with van der Waals surface area (Å²) in [6.45, 7) is 4.84. The van der Waals surface area contributed by atoms with E-state index in [0.29, 0.717) is 12.6 Å². The maximum atomic E-state index is 13.5. The number of likely N-dealkylation sites (N-methyl/N-ethyl adjacent to an activating group) is 1. The molecular weight excluding hydrogens is 293 g/mol. The zero-order chi connectivity index (χ0) is 16.0. The molecule has 0 heterocycles. The molecule has 0 aromatic heterocycles. The van der Waals surface area contributed by atoms with Gasteiger partial charge in [-0.1, -0.05) is 13.0 Å². The van der Waals surface area contributed by atoms with Gasteiger partial charge in [-0.25, -0.2) is 17.5 Å². The number of hydrogen-bond donors (Lipinski definition) is 1. The van der Waals surface area contributed by atoms with Gasteiger partial charge in [0.25, 0.3) is 0 Å². The van der Waals surface area contributed by atoms with E-state index < -0.39 is 21.4 Å². The summed E-state index contributed by atoms with van der Waals surface area (Å²) >= 11 is 0. The quantitative estimate of drug-likeness (QED) is 0.831. The van der Waals surface area contributed by atoms with Gasteiger partial charge < -0.3 is 4.90 Å². The van der Waals surface area contributed by atoms with Crippen LogP contribution in [0.5, 0.6) is 0 Å². The molecule has 0 aliphatic rings. The molecule has 1 rings (SSSR count). The van der Waals surface area contributed by atoms with Gasteiger partial charge in [0, 0.05) is 19.1 Å². The fourth-order valence-corrected chi connectivity index (χ4v) is 2.99. The van der Waals surface area contributed by atoms with Crippen molar-refractivity contribution in [3.63, 3.8) is 0 Å². The highest BCUT2D eigenvalue weighted by atomic mass is 32.2. The van der Waals surface area contributed by atoms with Gasteiger partial charge in [0.05, 0.1) is 0 Å². The lowest BCUT2D eigenvalue weighted by molar-refractivity contribution is 0.256. The van der Waals surface area contributed by atoms with Crippen LogP contribution in [-0.2, 0) is 10.0 Å². The van der Waals surface area contributed by atoms with Crippen LogP contribution in [-0.4, -0.2) is 39.5 Å². The first kappa shape index (κ1) is 17.6. The normalized spacial score (nSPS) is 13.1. The summed E-state index contributed by atoms with van der Waals surface area (Å²) < 4.78 is 40.1. The number of nitriles is 1. The Morgan fingerprint density at radius 3 is 2.71 bits per heavy atom. The summed E-state index contributed by atoms with van der Waals surface area (Å²) in [5, 5.41) is 8.89. The third-order valence-electron chi connectivity index (χ3n) is 3.48. The van der Waals surface area contributed by atoms with Crippen LogP contribution in [0.25, 0.3) is 0 Å². The second kappa shape index (κ2) is 7.50. The van der Waals surface area contributed by atoms with Crippen molar-refractivity contribution in [2.24, 2.45) is 0 Å². The lowest BCUT2D eigenvalue weighted by atomic mass is 10.2. The number of nitrogens with one attached hydrogen (secondary N) is 1. The Labute approximate surface area is 125 Å². The molecule has 0 spiro atoms. The Morgan fingerprint density at radius 1 is 1.48 bits per heavy atom. The number of sulfonamides is 1. The Hall–Kier alpha value is -1.49. The average molecular weight is 313 g/mol. The van der Waals surface area contributed by atoms with Crippen molar-refractivity contribution in [2.45, 2.75) is 31.2 Å². The molecule has 1 aromatic rings. The maximum Gasteiger partial charge on any atom is 0.242 e. The van der Waals surface area contributed by atoms with Gasteiger partial charge in [0.1, 0.15) is 22.3 Å². The molecule has 116 valence electrons. The third kappa shape index (κ3) is 4.49. The Kier molecular flexibility index (Phi) is 6.27. The van der Waals surface area contributed by atoms with Crippen LogP contribution in [0.3, 0.4) is 0 Å². The van der Waals surface area contributed by atoms with E-state index in [-0.39, 0.29) is 11.4 Å². The number of benzene rings is 1. The van der Waals surface area contributed by atoms with Crippen LogP contribution in [0, 0.1) is 17.1 Å². The predicted octanol–water partition coefficient (Wildman–Crippen LogP) is 1.71. The van der Waals surface area contributed by atoms with Crippen molar-refractivity contribution in [3.8, 4) is 6.07 Å². The fourth-order valence-electron chi connectivity index (χ4n) is 1.80. The van der Waals surface area contributed by atoms with E-state index in [1.807, 2.05) is 11.9 Å². The molecule has 1 unspecified atom stereocenters. The molecule has 0 radical (unpaired) electrons. The number of rotatable bonds is 7. The fraction of sp³-hybridized carbons (Fsp3) is 0.500. The SMILES string of the molecule is CCC(C)N(C)CCNS(=O)(=O)c1cccc(F)c1C#N. The van der Waals surface area contributed by atoms with E-state index in [4.69, 9.17) is 5.26 Å². The Bertz CT molecular complexity index is 626. The standard InChI is InChI=1S/C14H20FN3O2S/c1-4-11(2)18(3)9-8-17-21(19,20)14-7-5-6-13(15)12(14)10-16/h5-7,11,17H,4,8-9H2,1-3H3. The van der Waals surface area contributed by atoms with Crippen molar-refractivity contribution in [2.75, 3.05) is 20.1 Å². The number of halogens is 1.